The minimum Gasteiger partial charge on any atom is -0.496 e. The van der Waals surface area contributed by atoms with Gasteiger partial charge in [0.25, 0.3) is 0 Å². The van der Waals surface area contributed by atoms with Crippen molar-refractivity contribution < 1.29 is 9.47 Å². The molecule has 136 valence electrons. The minimum absolute atomic E-state index is 0.0447. The average molecular weight is 346 g/mol. The lowest BCUT2D eigenvalue weighted by Crippen LogP contribution is -2.46. The standard InChI is InChI=1S/C17H26N6O2/c1-21-8-10-22(11-9-21)16(14-6-4-5-7-15(14)25-3)17-18-19-20-23(17)12-13-24-2/h4-7,16H,8-13H2,1-3H3/t16-/m1/s1. The molecule has 8 heteroatoms. The van der Waals surface area contributed by atoms with Crippen LogP contribution in [0, 0.1) is 0 Å². The number of ether oxygens (including phenoxy) is 2. The summed E-state index contributed by atoms with van der Waals surface area (Å²) in [6.45, 7) is 5.14. The van der Waals surface area contributed by atoms with Crippen LogP contribution in [0.5, 0.6) is 5.75 Å². The van der Waals surface area contributed by atoms with E-state index in [1.54, 1.807) is 14.2 Å². The first-order valence-electron chi connectivity index (χ1n) is 8.55. The fourth-order valence-electron chi connectivity index (χ4n) is 3.22. The summed E-state index contributed by atoms with van der Waals surface area (Å²) in [5.41, 5.74) is 1.09. The third-order valence-electron chi connectivity index (χ3n) is 4.65. The van der Waals surface area contributed by atoms with Gasteiger partial charge in [-0.15, -0.1) is 5.10 Å². The Balaban J connectivity index is 1.99. The molecule has 1 aliphatic heterocycles. The molecule has 8 nitrogen and oxygen atoms in total. The number of rotatable bonds is 7. The molecule has 0 saturated carbocycles. The van der Waals surface area contributed by atoms with E-state index in [-0.39, 0.29) is 6.04 Å². The Morgan fingerprint density at radius 1 is 1.12 bits per heavy atom. The van der Waals surface area contributed by atoms with Crippen molar-refractivity contribution in [3.8, 4) is 5.75 Å². The number of likely N-dealkylation sites (N-methyl/N-ethyl adjacent to an activating group) is 1. The van der Waals surface area contributed by atoms with Gasteiger partial charge in [-0.1, -0.05) is 18.2 Å². The Kier molecular flexibility index (Phi) is 5.95. The van der Waals surface area contributed by atoms with Gasteiger partial charge in [-0.25, -0.2) is 4.68 Å². The van der Waals surface area contributed by atoms with E-state index in [0.29, 0.717) is 13.2 Å². The topological polar surface area (TPSA) is 68.5 Å². The monoisotopic (exact) mass is 346 g/mol. The van der Waals surface area contributed by atoms with Crippen LogP contribution in [0.3, 0.4) is 0 Å². The number of piperazine rings is 1. The van der Waals surface area contributed by atoms with Crippen LogP contribution in [-0.4, -0.2) is 84.1 Å². The maximum atomic E-state index is 5.62. The molecule has 0 amide bonds. The van der Waals surface area contributed by atoms with Crippen LogP contribution in [0.2, 0.25) is 0 Å². The minimum atomic E-state index is -0.0447. The molecule has 2 aromatic rings. The molecule has 1 saturated heterocycles. The highest BCUT2D eigenvalue weighted by Crippen LogP contribution is 2.33. The Morgan fingerprint density at radius 3 is 2.60 bits per heavy atom. The van der Waals surface area contributed by atoms with Crippen molar-refractivity contribution in [3.05, 3.63) is 35.7 Å². The first kappa shape index (κ1) is 17.8. The lowest BCUT2D eigenvalue weighted by molar-refractivity contribution is 0.118. The van der Waals surface area contributed by atoms with Gasteiger partial charge in [-0.05, 0) is 23.5 Å². The van der Waals surface area contributed by atoms with Gasteiger partial charge in [0.05, 0.1) is 20.3 Å². The lowest BCUT2D eigenvalue weighted by atomic mass is 10.0. The molecular weight excluding hydrogens is 320 g/mol. The van der Waals surface area contributed by atoms with Crippen LogP contribution in [-0.2, 0) is 11.3 Å². The fraction of sp³-hybridized carbons (Fsp3) is 0.588. The van der Waals surface area contributed by atoms with E-state index in [2.05, 4.69) is 38.4 Å². The Labute approximate surface area is 148 Å². The van der Waals surface area contributed by atoms with Gasteiger partial charge in [-0.2, -0.15) is 0 Å². The molecule has 0 bridgehead atoms. The van der Waals surface area contributed by atoms with E-state index in [1.165, 1.54) is 0 Å². The summed E-state index contributed by atoms with van der Waals surface area (Å²) >= 11 is 0. The van der Waals surface area contributed by atoms with E-state index in [0.717, 1.165) is 43.3 Å². The number of aromatic nitrogens is 4. The molecule has 1 aromatic heterocycles. The highest BCUT2D eigenvalue weighted by molar-refractivity contribution is 5.39. The molecule has 1 aliphatic rings. The maximum absolute atomic E-state index is 5.62. The largest absolute Gasteiger partial charge is 0.496 e. The van der Waals surface area contributed by atoms with Gasteiger partial charge in [-0.3, -0.25) is 4.90 Å². The third kappa shape index (κ3) is 3.97. The predicted molar refractivity (Wildman–Crippen MR) is 93.6 cm³/mol. The van der Waals surface area contributed by atoms with Crippen LogP contribution >= 0.6 is 0 Å². The highest BCUT2D eigenvalue weighted by atomic mass is 16.5. The molecule has 3 rings (SSSR count). The zero-order valence-corrected chi connectivity index (χ0v) is 15.1. The molecule has 1 fully saturated rings. The van der Waals surface area contributed by atoms with Crippen LogP contribution in [0.1, 0.15) is 17.4 Å². The van der Waals surface area contributed by atoms with E-state index < -0.39 is 0 Å². The number of nitrogens with zero attached hydrogens (tertiary/aromatic N) is 6. The summed E-state index contributed by atoms with van der Waals surface area (Å²) in [6, 6.07) is 8.05. The van der Waals surface area contributed by atoms with Crippen LogP contribution in [0.25, 0.3) is 0 Å². The van der Waals surface area contributed by atoms with E-state index in [9.17, 15) is 0 Å². The van der Waals surface area contributed by atoms with Crippen LogP contribution in [0.4, 0.5) is 0 Å². The van der Waals surface area contributed by atoms with Gasteiger partial charge in [0, 0.05) is 38.9 Å². The van der Waals surface area contributed by atoms with Crippen molar-refractivity contribution in [1.29, 1.82) is 0 Å². The first-order valence-corrected chi connectivity index (χ1v) is 8.55. The number of hydrogen-bond acceptors (Lipinski definition) is 7. The maximum Gasteiger partial charge on any atom is 0.173 e. The summed E-state index contributed by atoms with van der Waals surface area (Å²) in [6.07, 6.45) is 0. The molecule has 2 heterocycles. The predicted octanol–water partition coefficient (Wildman–Crippen LogP) is 0.665. The molecular formula is C17H26N6O2. The molecule has 25 heavy (non-hydrogen) atoms. The molecule has 0 aliphatic carbocycles. The first-order chi connectivity index (χ1) is 12.2. The normalized spacial score (nSPS) is 17.6. The molecule has 0 N–H and O–H groups in total. The molecule has 0 radical (unpaired) electrons. The van der Waals surface area contributed by atoms with Gasteiger partial charge >= 0.3 is 0 Å². The Hall–Kier alpha value is -2.03. The average Bonchev–Trinajstić information content (AvgIpc) is 3.10. The summed E-state index contributed by atoms with van der Waals surface area (Å²) in [4.78, 5) is 4.76. The Bertz CT molecular complexity index is 669. The number of methoxy groups -OCH3 is 2. The second-order valence-corrected chi connectivity index (χ2v) is 6.24. The van der Waals surface area contributed by atoms with Crippen LogP contribution in [0.15, 0.2) is 24.3 Å². The van der Waals surface area contributed by atoms with Gasteiger partial charge in [0.15, 0.2) is 5.82 Å². The zero-order chi connectivity index (χ0) is 17.6. The zero-order valence-electron chi connectivity index (χ0n) is 15.1. The van der Waals surface area contributed by atoms with Crippen molar-refractivity contribution in [2.75, 3.05) is 54.1 Å². The van der Waals surface area contributed by atoms with E-state index in [1.807, 2.05) is 22.9 Å². The van der Waals surface area contributed by atoms with Crippen molar-refractivity contribution in [3.63, 3.8) is 0 Å². The number of para-hydroxylation sites is 1. The van der Waals surface area contributed by atoms with Crippen molar-refractivity contribution >= 4 is 0 Å². The quantitative estimate of drug-likeness (QED) is 0.730. The number of tetrazole rings is 1. The molecule has 1 atom stereocenters. The van der Waals surface area contributed by atoms with Gasteiger partial charge < -0.3 is 14.4 Å². The third-order valence-corrected chi connectivity index (χ3v) is 4.65. The van der Waals surface area contributed by atoms with E-state index >= 15 is 0 Å². The van der Waals surface area contributed by atoms with Gasteiger partial charge in [0.2, 0.25) is 0 Å². The smallest absolute Gasteiger partial charge is 0.173 e. The highest BCUT2D eigenvalue weighted by Gasteiger charge is 2.31. The second kappa shape index (κ2) is 8.37. The summed E-state index contributed by atoms with van der Waals surface area (Å²) < 4.78 is 12.6. The van der Waals surface area contributed by atoms with Crippen molar-refractivity contribution in [1.82, 2.24) is 30.0 Å². The summed E-state index contributed by atoms with van der Waals surface area (Å²) in [5.74, 6) is 1.68. The van der Waals surface area contributed by atoms with E-state index in [4.69, 9.17) is 9.47 Å². The Morgan fingerprint density at radius 2 is 1.88 bits per heavy atom. The molecule has 0 unspecified atom stereocenters. The van der Waals surface area contributed by atoms with Crippen molar-refractivity contribution in [2.45, 2.75) is 12.6 Å². The number of hydrogen-bond donors (Lipinski definition) is 0. The number of benzene rings is 1. The fourth-order valence-corrected chi connectivity index (χ4v) is 3.22. The lowest BCUT2D eigenvalue weighted by Gasteiger charge is -2.37. The molecule has 0 spiro atoms. The van der Waals surface area contributed by atoms with Crippen LogP contribution < -0.4 is 4.74 Å². The summed E-state index contributed by atoms with van der Waals surface area (Å²) in [5, 5.41) is 12.4. The van der Waals surface area contributed by atoms with Crippen molar-refractivity contribution in [2.24, 2.45) is 0 Å². The SMILES string of the molecule is COCCn1nnnc1[C@@H](c1ccccc1OC)N1CCN(C)CC1. The molecule has 1 aromatic carbocycles. The van der Waals surface area contributed by atoms with Gasteiger partial charge in [0.1, 0.15) is 11.8 Å². The second-order valence-electron chi connectivity index (χ2n) is 6.24. The summed E-state index contributed by atoms with van der Waals surface area (Å²) in [7, 11) is 5.54.